The minimum atomic E-state index is -2.55. The molecular weight excluding hydrogens is 254 g/mol. The maximum atomic E-state index is 13.0. The highest BCUT2D eigenvalue weighted by atomic mass is 19.3. The summed E-state index contributed by atoms with van der Waals surface area (Å²) in [6, 6.07) is 8.32. The molecule has 1 aromatic rings. The first-order chi connectivity index (χ1) is 9.08. The first kappa shape index (κ1) is 13.7. The number of piperazine rings is 1. The lowest BCUT2D eigenvalue weighted by molar-refractivity contribution is -0.0228. The highest BCUT2D eigenvalue weighted by Crippen LogP contribution is 2.19. The fraction of sp³-hybridized carbons (Fsp3) is 0.462. The molecule has 0 aromatic heterocycles. The van der Waals surface area contributed by atoms with E-state index in [0.29, 0.717) is 13.1 Å². The molecule has 1 heterocycles. The Kier molecular flexibility index (Phi) is 4.31. The zero-order chi connectivity index (χ0) is 13.8. The third kappa shape index (κ3) is 3.41. The zero-order valence-electron chi connectivity index (χ0n) is 10.4. The Morgan fingerprint density at radius 3 is 2.58 bits per heavy atom. The van der Waals surface area contributed by atoms with Gasteiger partial charge in [-0.2, -0.15) is 0 Å². The lowest BCUT2D eigenvalue weighted by Gasteiger charge is -2.39. The Labute approximate surface area is 110 Å². The van der Waals surface area contributed by atoms with Gasteiger partial charge < -0.3 is 10.0 Å². The van der Waals surface area contributed by atoms with Gasteiger partial charge in [0.25, 0.3) is 6.43 Å². The Balaban J connectivity index is 2.05. The van der Waals surface area contributed by atoms with Crippen LogP contribution < -0.4 is 0 Å². The summed E-state index contributed by atoms with van der Waals surface area (Å²) in [5, 5.41) is 8.88. The van der Waals surface area contributed by atoms with Crippen molar-refractivity contribution in [3.8, 4) is 0 Å². The summed E-state index contributed by atoms with van der Waals surface area (Å²) in [6.07, 6.45) is -3.68. The first-order valence-electron chi connectivity index (χ1n) is 6.12. The zero-order valence-corrected chi connectivity index (χ0v) is 10.4. The number of hydrogen-bond donors (Lipinski definition) is 1. The molecule has 2 rings (SSSR count). The van der Waals surface area contributed by atoms with Crippen molar-refractivity contribution in [3.63, 3.8) is 0 Å². The maximum absolute atomic E-state index is 13.0. The van der Waals surface area contributed by atoms with E-state index in [0.717, 1.165) is 10.5 Å². The summed E-state index contributed by atoms with van der Waals surface area (Å²) in [6.45, 7) is 0.880. The van der Waals surface area contributed by atoms with E-state index in [9.17, 15) is 13.6 Å². The average molecular weight is 270 g/mol. The molecule has 1 aromatic carbocycles. The van der Waals surface area contributed by atoms with Crippen molar-refractivity contribution in [2.24, 2.45) is 0 Å². The predicted molar refractivity (Wildman–Crippen MR) is 66.2 cm³/mol. The van der Waals surface area contributed by atoms with Gasteiger partial charge in [0.1, 0.15) is 0 Å². The van der Waals surface area contributed by atoms with E-state index < -0.39 is 18.6 Å². The summed E-state index contributed by atoms with van der Waals surface area (Å²) in [5.41, 5.74) is 0.955. The highest BCUT2D eigenvalue weighted by molar-refractivity contribution is 5.65. The maximum Gasteiger partial charge on any atom is 0.407 e. The summed E-state index contributed by atoms with van der Waals surface area (Å²) < 4.78 is 26.1. The minimum Gasteiger partial charge on any atom is -0.465 e. The molecule has 0 radical (unpaired) electrons. The lowest BCUT2D eigenvalue weighted by atomic mass is 10.1. The molecule has 1 fully saturated rings. The number of nitrogens with zero attached hydrogens (tertiary/aromatic N) is 2. The van der Waals surface area contributed by atoms with Crippen LogP contribution in [0.2, 0.25) is 0 Å². The second kappa shape index (κ2) is 5.97. The van der Waals surface area contributed by atoms with Crippen LogP contribution in [-0.4, -0.2) is 53.1 Å². The van der Waals surface area contributed by atoms with E-state index in [1.807, 2.05) is 30.3 Å². The predicted octanol–water partition coefficient (Wildman–Crippen LogP) is 2.12. The van der Waals surface area contributed by atoms with Crippen molar-refractivity contribution in [3.05, 3.63) is 35.9 Å². The van der Waals surface area contributed by atoms with E-state index >= 15 is 0 Å². The van der Waals surface area contributed by atoms with Gasteiger partial charge in [-0.15, -0.1) is 0 Å². The van der Waals surface area contributed by atoms with Crippen LogP contribution in [0.4, 0.5) is 13.6 Å². The molecule has 1 N–H and O–H groups in total. The number of benzene rings is 1. The van der Waals surface area contributed by atoms with Gasteiger partial charge in [0.2, 0.25) is 0 Å². The molecule has 19 heavy (non-hydrogen) atoms. The van der Waals surface area contributed by atoms with E-state index in [2.05, 4.69) is 0 Å². The van der Waals surface area contributed by atoms with Crippen LogP contribution in [0.1, 0.15) is 5.56 Å². The fourth-order valence-electron chi connectivity index (χ4n) is 2.27. The molecular formula is C13H16F2N2O2. The summed E-state index contributed by atoms with van der Waals surface area (Å²) in [5.74, 6) is 0. The Bertz CT molecular complexity index is 428. The van der Waals surface area contributed by atoms with Gasteiger partial charge in [-0.1, -0.05) is 30.3 Å². The smallest absolute Gasteiger partial charge is 0.407 e. The van der Waals surface area contributed by atoms with Crippen LogP contribution in [-0.2, 0) is 6.54 Å². The van der Waals surface area contributed by atoms with Gasteiger partial charge in [0, 0.05) is 26.2 Å². The number of hydrogen-bond acceptors (Lipinski definition) is 2. The molecule has 0 saturated carbocycles. The molecule has 1 aliphatic heterocycles. The van der Waals surface area contributed by atoms with Crippen molar-refractivity contribution in [2.45, 2.75) is 19.0 Å². The van der Waals surface area contributed by atoms with Crippen molar-refractivity contribution in [1.29, 1.82) is 0 Å². The van der Waals surface area contributed by atoms with Gasteiger partial charge in [-0.3, -0.25) is 4.90 Å². The van der Waals surface area contributed by atoms with Crippen LogP contribution in [0, 0.1) is 0 Å². The van der Waals surface area contributed by atoms with Crippen molar-refractivity contribution >= 4 is 6.09 Å². The molecule has 1 aliphatic rings. The monoisotopic (exact) mass is 270 g/mol. The van der Waals surface area contributed by atoms with Gasteiger partial charge >= 0.3 is 6.09 Å². The largest absolute Gasteiger partial charge is 0.465 e. The molecule has 104 valence electrons. The average Bonchev–Trinajstić information content (AvgIpc) is 2.39. The van der Waals surface area contributed by atoms with Crippen LogP contribution in [0.5, 0.6) is 0 Å². The highest BCUT2D eigenvalue weighted by Gasteiger charge is 2.35. The molecule has 6 heteroatoms. The second-order valence-corrected chi connectivity index (χ2v) is 4.59. The topological polar surface area (TPSA) is 43.8 Å². The van der Waals surface area contributed by atoms with Crippen molar-refractivity contribution in [2.75, 3.05) is 19.6 Å². The molecule has 0 aliphatic carbocycles. The molecule has 0 spiro atoms. The number of rotatable bonds is 3. The quantitative estimate of drug-likeness (QED) is 0.915. The third-order valence-corrected chi connectivity index (χ3v) is 3.32. The van der Waals surface area contributed by atoms with Gasteiger partial charge in [0.15, 0.2) is 0 Å². The first-order valence-corrected chi connectivity index (χ1v) is 6.12. The summed E-state index contributed by atoms with van der Waals surface area (Å²) in [4.78, 5) is 13.6. The van der Waals surface area contributed by atoms with E-state index in [-0.39, 0.29) is 13.1 Å². The second-order valence-electron chi connectivity index (χ2n) is 4.59. The van der Waals surface area contributed by atoms with Crippen LogP contribution in [0.25, 0.3) is 0 Å². The number of alkyl halides is 2. The number of amides is 1. The number of halogens is 2. The van der Waals surface area contributed by atoms with Crippen LogP contribution >= 0.6 is 0 Å². The van der Waals surface area contributed by atoms with Crippen molar-refractivity contribution < 1.29 is 18.7 Å². The third-order valence-electron chi connectivity index (χ3n) is 3.32. The van der Waals surface area contributed by atoms with Crippen molar-refractivity contribution in [1.82, 2.24) is 9.80 Å². The molecule has 1 saturated heterocycles. The van der Waals surface area contributed by atoms with Gasteiger partial charge in [-0.25, -0.2) is 13.6 Å². The molecule has 1 atom stereocenters. The lowest BCUT2D eigenvalue weighted by Crippen LogP contribution is -2.56. The minimum absolute atomic E-state index is 0.139. The van der Waals surface area contributed by atoms with Crippen LogP contribution in [0.3, 0.4) is 0 Å². The summed E-state index contributed by atoms with van der Waals surface area (Å²) in [7, 11) is 0. The standard InChI is InChI=1S/C13H16F2N2O2/c14-12(15)11-9-17(13(18)19)7-6-16(11)8-10-4-2-1-3-5-10/h1-5,11-12H,6-9H2,(H,18,19). The van der Waals surface area contributed by atoms with E-state index in [4.69, 9.17) is 5.11 Å². The van der Waals surface area contributed by atoms with E-state index in [1.54, 1.807) is 4.90 Å². The normalized spacial score (nSPS) is 20.8. The molecule has 1 unspecified atom stereocenters. The molecule has 4 nitrogen and oxygen atoms in total. The van der Waals surface area contributed by atoms with Gasteiger partial charge in [0.05, 0.1) is 6.04 Å². The van der Waals surface area contributed by atoms with Crippen LogP contribution in [0.15, 0.2) is 30.3 Å². The fourth-order valence-corrected chi connectivity index (χ4v) is 2.27. The Morgan fingerprint density at radius 2 is 2.00 bits per heavy atom. The SMILES string of the molecule is O=C(O)N1CCN(Cc2ccccc2)C(C(F)F)C1. The van der Waals surface area contributed by atoms with E-state index in [1.165, 1.54) is 0 Å². The molecule has 0 bridgehead atoms. The van der Waals surface area contributed by atoms with Gasteiger partial charge in [-0.05, 0) is 5.56 Å². The summed E-state index contributed by atoms with van der Waals surface area (Å²) >= 11 is 0. The molecule has 1 amide bonds. The Hall–Kier alpha value is -1.69. The number of carbonyl (C=O) groups is 1. The number of carboxylic acid groups (broad SMARTS) is 1. The Morgan fingerprint density at radius 1 is 1.32 bits per heavy atom.